The lowest BCUT2D eigenvalue weighted by Crippen LogP contribution is -2.51. The number of carboxylic acid groups (broad SMARTS) is 1. The van der Waals surface area contributed by atoms with Gasteiger partial charge >= 0.3 is 5.97 Å². The molecule has 1 unspecified atom stereocenters. The third-order valence-electron chi connectivity index (χ3n) is 5.86. The first-order chi connectivity index (χ1) is 18.8. The Balaban J connectivity index is 1.73. The highest BCUT2D eigenvalue weighted by Gasteiger charge is 2.34. The third kappa shape index (κ3) is 6.34. The molecule has 0 radical (unpaired) electrons. The van der Waals surface area contributed by atoms with E-state index in [4.69, 9.17) is 5.11 Å². The monoisotopic (exact) mass is 528 g/mol. The molecule has 3 aromatic rings. The first kappa shape index (κ1) is 26.7. The minimum absolute atomic E-state index is 0.0364. The second-order valence-corrected chi connectivity index (χ2v) is 8.62. The lowest BCUT2D eigenvalue weighted by molar-refractivity contribution is -0.138. The summed E-state index contributed by atoms with van der Waals surface area (Å²) in [5.74, 6) is -3.45. The Bertz CT molecular complexity index is 1440. The van der Waals surface area contributed by atoms with E-state index in [2.05, 4.69) is 15.6 Å². The number of carbonyl (C=O) groups is 5. The Morgan fingerprint density at radius 3 is 2.31 bits per heavy atom. The number of hydrogen-bond donors (Lipinski definition) is 4. The zero-order chi connectivity index (χ0) is 27.9. The van der Waals surface area contributed by atoms with Gasteiger partial charge in [0, 0.05) is 16.7 Å². The van der Waals surface area contributed by atoms with Crippen molar-refractivity contribution in [3.05, 3.63) is 95.6 Å². The van der Waals surface area contributed by atoms with Crippen LogP contribution in [0.4, 0.5) is 5.69 Å². The van der Waals surface area contributed by atoms with Crippen LogP contribution in [0.25, 0.3) is 0 Å². The quantitative estimate of drug-likeness (QED) is 0.305. The van der Waals surface area contributed by atoms with Crippen LogP contribution in [0.5, 0.6) is 5.75 Å². The van der Waals surface area contributed by atoms with Crippen LogP contribution in [0.1, 0.15) is 27.9 Å². The molecule has 0 aromatic heterocycles. The van der Waals surface area contributed by atoms with Crippen molar-refractivity contribution in [3.63, 3.8) is 0 Å². The highest BCUT2D eigenvalue weighted by molar-refractivity contribution is 6.21. The van der Waals surface area contributed by atoms with Crippen molar-refractivity contribution in [2.45, 2.75) is 18.6 Å². The number of rotatable bonds is 9. The van der Waals surface area contributed by atoms with E-state index in [9.17, 15) is 29.1 Å². The molecule has 0 saturated heterocycles. The maximum atomic E-state index is 13.8. The lowest BCUT2D eigenvalue weighted by Gasteiger charge is -2.25. The molecule has 39 heavy (non-hydrogen) atoms. The SMILES string of the molecule is O=C[C@H](CC(=O)O)NC(=O)CN1C(=O)C(NC(=O)c2ccc(O)cc2)N=C(c2ccccc2)c2ccccc21. The smallest absolute Gasteiger partial charge is 0.305 e. The summed E-state index contributed by atoms with van der Waals surface area (Å²) in [7, 11) is 0. The number of carbonyl (C=O) groups excluding carboxylic acids is 4. The highest BCUT2D eigenvalue weighted by atomic mass is 16.4. The number of phenolic OH excluding ortho intramolecular Hbond substituents is 1. The number of fused-ring (bicyclic) bond motifs is 1. The normalized spacial score (nSPS) is 15.3. The summed E-state index contributed by atoms with van der Waals surface area (Å²) in [6.07, 6.45) is -1.75. The molecule has 3 amide bonds. The summed E-state index contributed by atoms with van der Waals surface area (Å²) in [6, 6.07) is 19.9. The van der Waals surface area contributed by atoms with Crippen molar-refractivity contribution >= 4 is 41.4 Å². The number of phenols is 1. The minimum Gasteiger partial charge on any atom is -0.508 e. The Morgan fingerprint density at radius 1 is 0.974 bits per heavy atom. The van der Waals surface area contributed by atoms with E-state index in [-0.39, 0.29) is 11.3 Å². The average molecular weight is 529 g/mol. The first-order valence-electron chi connectivity index (χ1n) is 11.9. The summed E-state index contributed by atoms with van der Waals surface area (Å²) in [5, 5.41) is 23.4. The largest absolute Gasteiger partial charge is 0.508 e. The van der Waals surface area contributed by atoms with Crippen LogP contribution < -0.4 is 15.5 Å². The molecule has 4 rings (SSSR count). The molecule has 4 N–H and O–H groups in total. The molecule has 0 aliphatic carbocycles. The standard InChI is InChI=1S/C28H24N4O7/c33-16-19(14-24(36)37)29-23(35)15-32-22-9-5-4-8-21(22)25(17-6-2-1-3-7-17)30-26(28(32)39)31-27(38)18-10-12-20(34)13-11-18/h1-13,16,19,26,34H,14-15H2,(H,29,35)(H,31,38)(H,36,37)/t19-,26?/m0/s1. The molecule has 3 aromatic carbocycles. The van der Waals surface area contributed by atoms with Crippen LogP contribution in [0.15, 0.2) is 83.9 Å². The molecule has 1 heterocycles. The van der Waals surface area contributed by atoms with Crippen LogP contribution in [0.2, 0.25) is 0 Å². The Kier molecular flexibility index (Phi) is 8.10. The number of amides is 3. The molecule has 0 saturated carbocycles. The Morgan fingerprint density at radius 2 is 1.64 bits per heavy atom. The molecule has 198 valence electrons. The zero-order valence-corrected chi connectivity index (χ0v) is 20.5. The molecule has 0 bridgehead atoms. The van der Waals surface area contributed by atoms with Gasteiger partial charge in [-0.3, -0.25) is 24.1 Å². The topological polar surface area (TPSA) is 165 Å². The van der Waals surface area contributed by atoms with Gasteiger partial charge in [0.25, 0.3) is 11.8 Å². The maximum Gasteiger partial charge on any atom is 0.305 e. The second-order valence-electron chi connectivity index (χ2n) is 8.62. The Hall–Kier alpha value is -5.32. The number of carboxylic acids is 1. The summed E-state index contributed by atoms with van der Waals surface area (Å²) < 4.78 is 0. The van der Waals surface area contributed by atoms with Crippen LogP contribution >= 0.6 is 0 Å². The van der Waals surface area contributed by atoms with E-state index in [1.54, 1.807) is 48.5 Å². The number of benzene rings is 3. The van der Waals surface area contributed by atoms with Crippen molar-refractivity contribution in [1.82, 2.24) is 10.6 Å². The predicted molar refractivity (Wildman–Crippen MR) is 140 cm³/mol. The van der Waals surface area contributed by atoms with E-state index in [0.717, 1.165) is 4.90 Å². The van der Waals surface area contributed by atoms with Crippen molar-refractivity contribution < 1.29 is 34.2 Å². The van der Waals surface area contributed by atoms with Gasteiger partial charge in [-0.1, -0.05) is 48.5 Å². The van der Waals surface area contributed by atoms with Gasteiger partial charge < -0.3 is 25.6 Å². The number of aliphatic carboxylic acids is 1. The van der Waals surface area contributed by atoms with Crippen LogP contribution in [-0.2, 0) is 19.2 Å². The van der Waals surface area contributed by atoms with E-state index in [1.807, 2.05) is 6.07 Å². The van der Waals surface area contributed by atoms with Gasteiger partial charge in [0.1, 0.15) is 18.6 Å². The number of aldehydes is 1. The van der Waals surface area contributed by atoms with Gasteiger partial charge in [-0.25, -0.2) is 4.99 Å². The van der Waals surface area contributed by atoms with Crippen LogP contribution in [0.3, 0.4) is 0 Å². The first-order valence-corrected chi connectivity index (χ1v) is 11.9. The van der Waals surface area contributed by atoms with E-state index >= 15 is 0 Å². The third-order valence-corrected chi connectivity index (χ3v) is 5.86. The fourth-order valence-electron chi connectivity index (χ4n) is 4.05. The van der Waals surface area contributed by atoms with Gasteiger partial charge in [0.15, 0.2) is 0 Å². The molecule has 0 spiro atoms. The fourth-order valence-corrected chi connectivity index (χ4v) is 4.05. The van der Waals surface area contributed by atoms with E-state index in [0.29, 0.717) is 28.8 Å². The van der Waals surface area contributed by atoms with Crippen molar-refractivity contribution in [2.24, 2.45) is 4.99 Å². The van der Waals surface area contributed by atoms with E-state index < -0.39 is 48.9 Å². The minimum atomic E-state index is -1.44. The molecule has 11 nitrogen and oxygen atoms in total. The highest BCUT2D eigenvalue weighted by Crippen LogP contribution is 2.28. The van der Waals surface area contributed by atoms with Gasteiger partial charge in [-0.15, -0.1) is 0 Å². The number of nitrogens with one attached hydrogen (secondary N) is 2. The molecule has 1 aliphatic rings. The molecule has 1 aliphatic heterocycles. The number of aliphatic imine (C=N–C) groups is 1. The summed E-state index contributed by atoms with van der Waals surface area (Å²) >= 11 is 0. The molecular formula is C28H24N4O7. The van der Waals surface area contributed by atoms with Crippen molar-refractivity contribution in [1.29, 1.82) is 0 Å². The Labute approximate surface area is 222 Å². The summed E-state index contributed by atoms with van der Waals surface area (Å²) in [4.78, 5) is 67.7. The summed E-state index contributed by atoms with van der Waals surface area (Å²) in [6.45, 7) is -0.566. The molecule has 0 fully saturated rings. The molecular weight excluding hydrogens is 504 g/mol. The van der Waals surface area contributed by atoms with Gasteiger partial charge in [0.05, 0.1) is 23.9 Å². The number of para-hydroxylation sites is 1. The number of benzodiazepines with no additional fused rings is 1. The fraction of sp³-hybridized carbons (Fsp3) is 0.143. The number of hydrogen-bond acceptors (Lipinski definition) is 7. The maximum absolute atomic E-state index is 13.8. The van der Waals surface area contributed by atoms with Crippen LogP contribution in [-0.4, -0.2) is 64.7 Å². The van der Waals surface area contributed by atoms with Gasteiger partial charge in [0.2, 0.25) is 12.1 Å². The summed E-state index contributed by atoms with van der Waals surface area (Å²) in [5.41, 5.74) is 2.09. The predicted octanol–water partition coefficient (Wildman–Crippen LogP) is 1.49. The molecule has 2 atom stereocenters. The second kappa shape index (κ2) is 11.8. The van der Waals surface area contributed by atoms with Crippen LogP contribution in [0, 0.1) is 0 Å². The molecule has 11 heteroatoms. The van der Waals surface area contributed by atoms with Crippen molar-refractivity contribution in [2.75, 3.05) is 11.4 Å². The van der Waals surface area contributed by atoms with Gasteiger partial charge in [-0.05, 0) is 30.3 Å². The number of aromatic hydroxyl groups is 1. The lowest BCUT2D eigenvalue weighted by atomic mass is 10.0. The number of anilines is 1. The van der Waals surface area contributed by atoms with Gasteiger partial charge in [-0.2, -0.15) is 0 Å². The number of nitrogens with zero attached hydrogens (tertiary/aromatic N) is 2. The van der Waals surface area contributed by atoms with E-state index in [1.165, 1.54) is 24.3 Å². The average Bonchev–Trinajstić information content (AvgIpc) is 3.04. The van der Waals surface area contributed by atoms with Crippen molar-refractivity contribution in [3.8, 4) is 5.75 Å². The zero-order valence-electron chi connectivity index (χ0n) is 20.5.